The molecule has 1 saturated carbocycles. The van der Waals surface area contributed by atoms with Gasteiger partial charge >= 0.3 is 0 Å². The Labute approximate surface area is 178 Å². The van der Waals surface area contributed by atoms with Crippen molar-refractivity contribution >= 4 is 21.5 Å². The normalized spacial score (nSPS) is 20.1. The molecule has 1 aliphatic heterocycles. The third-order valence-electron chi connectivity index (χ3n) is 6.15. The fourth-order valence-corrected chi connectivity index (χ4v) is 4.99. The van der Waals surface area contributed by atoms with Gasteiger partial charge < -0.3 is 9.80 Å². The van der Waals surface area contributed by atoms with Gasteiger partial charge in [0.25, 0.3) is 0 Å². The predicted molar refractivity (Wildman–Crippen MR) is 116 cm³/mol. The zero-order chi connectivity index (χ0) is 21.6. The minimum absolute atomic E-state index is 0.164. The Balaban J connectivity index is 1.59. The number of hydrogen-bond donors (Lipinski definition) is 0. The van der Waals surface area contributed by atoms with E-state index < -0.39 is 15.7 Å². The number of anilines is 2. The van der Waals surface area contributed by atoms with Gasteiger partial charge in [0.05, 0.1) is 6.04 Å². The van der Waals surface area contributed by atoms with Crippen LogP contribution in [0.1, 0.15) is 43.9 Å². The highest BCUT2D eigenvalue weighted by Crippen LogP contribution is 2.41. The summed E-state index contributed by atoms with van der Waals surface area (Å²) in [6.45, 7) is 8.49. The molecule has 0 bridgehead atoms. The lowest BCUT2D eigenvalue weighted by Gasteiger charge is -2.44. The average Bonchev–Trinajstić information content (AvgIpc) is 3.52. The highest BCUT2D eigenvalue weighted by atomic mass is 32.2. The van der Waals surface area contributed by atoms with Crippen molar-refractivity contribution in [1.82, 2.24) is 9.97 Å². The summed E-state index contributed by atoms with van der Waals surface area (Å²) in [5, 5.41) is 0. The lowest BCUT2D eigenvalue weighted by atomic mass is 9.99. The van der Waals surface area contributed by atoms with Crippen molar-refractivity contribution in [1.29, 1.82) is 0 Å². The summed E-state index contributed by atoms with van der Waals surface area (Å²) in [6, 6.07) is 4.51. The van der Waals surface area contributed by atoms with Crippen LogP contribution in [0.5, 0.6) is 0 Å². The molecule has 0 unspecified atom stereocenters. The molecule has 1 aliphatic carbocycles. The van der Waals surface area contributed by atoms with E-state index in [2.05, 4.69) is 35.6 Å². The smallest absolute Gasteiger partial charge is 0.225 e. The van der Waals surface area contributed by atoms with E-state index >= 15 is 0 Å². The van der Waals surface area contributed by atoms with Crippen LogP contribution in [-0.2, 0) is 9.84 Å². The summed E-state index contributed by atoms with van der Waals surface area (Å²) in [4.78, 5) is 13.6. The fourth-order valence-electron chi connectivity index (χ4n) is 4.23. The van der Waals surface area contributed by atoms with Gasteiger partial charge in [-0.15, -0.1) is 0 Å². The number of aromatic nitrogens is 2. The van der Waals surface area contributed by atoms with E-state index in [0.29, 0.717) is 24.9 Å². The largest absolute Gasteiger partial charge is 0.368 e. The van der Waals surface area contributed by atoms with E-state index in [1.807, 2.05) is 6.20 Å². The summed E-state index contributed by atoms with van der Waals surface area (Å²) in [5.41, 5.74) is 3.05. The number of nitrogens with zero attached hydrogens (tertiary/aromatic N) is 4. The van der Waals surface area contributed by atoms with Gasteiger partial charge in [-0.25, -0.2) is 22.8 Å². The predicted octanol–water partition coefficient (Wildman–Crippen LogP) is 3.56. The Bertz CT molecular complexity index is 1050. The summed E-state index contributed by atoms with van der Waals surface area (Å²) >= 11 is 0. The van der Waals surface area contributed by atoms with Gasteiger partial charge in [-0.05, 0) is 55.4 Å². The molecule has 30 heavy (non-hydrogen) atoms. The van der Waals surface area contributed by atoms with E-state index in [1.165, 1.54) is 30.5 Å². The van der Waals surface area contributed by atoms with Crippen LogP contribution in [0.3, 0.4) is 0 Å². The molecule has 0 spiro atoms. The molecule has 1 saturated heterocycles. The minimum atomic E-state index is -3.62. The van der Waals surface area contributed by atoms with Crippen LogP contribution in [0, 0.1) is 18.7 Å². The van der Waals surface area contributed by atoms with Crippen molar-refractivity contribution in [2.45, 2.75) is 50.5 Å². The van der Waals surface area contributed by atoms with E-state index in [1.54, 1.807) is 6.07 Å². The second kappa shape index (κ2) is 7.80. The molecule has 0 radical (unpaired) electrons. The Morgan fingerprint density at radius 2 is 1.93 bits per heavy atom. The Morgan fingerprint density at radius 3 is 2.53 bits per heavy atom. The molecule has 2 aromatic rings. The molecule has 2 aliphatic rings. The van der Waals surface area contributed by atoms with Gasteiger partial charge in [-0.1, -0.05) is 13.8 Å². The fraction of sp³-hybridized carbons (Fsp3) is 0.545. The number of hydrogen-bond acceptors (Lipinski definition) is 6. The molecule has 8 heteroatoms. The van der Waals surface area contributed by atoms with Crippen LogP contribution >= 0.6 is 0 Å². The molecule has 0 amide bonds. The number of sulfone groups is 1. The number of benzene rings is 1. The monoisotopic (exact) mass is 432 g/mol. The maximum atomic E-state index is 14.0. The van der Waals surface area contributed by atoms with Crippen LogP contribution in [-0.4, -0.2) is 50.3 Å². The van der Waals surface area contributed by atoms with Crippen LogP contribution in [0.2, 0.25) is 0 Å². The number of rotatable bonds is 5. The zero-order valence-electron chi connectivity index (χ0n) is 18.0. The topological polar surface area (TPSA) is 66.4 Å². The highest BCUT2D eigenvalue weighted by Gasteiger charge is 2.33. The Kier molecular flexibility index (Phi) is 5.46. The van der Waals surface area contributed by atoms with Gasteiger partial charge in [0, 0.05) is 43.5 Å². The summed E-state index contributed by atoms with van der Waals surface area (Å²) in [7, 11) is -3.62. The Morgan fingerprint density at radius 1 is 1.20 bits per heavy atom. The molecule has 162 valence electrons. The molecule has 4 rings (SSSR count). The molecule has 1 atom stereocenters. The van der Waals surface area contributed by atoms with Gasteiger partial charge in [0.2, 0.25) is 5.95 Å². The molecule has 1 aromatic carbocycles. The molecule has 2 heterocycles. The lowest BCUT2D eigenvalue weighted by molar-refractivity contribution is 0.413. The summed E-state index contributed by atoms with van der Waals surface area (Å²) in [5.74, 6) is 1.01. The van der Waals surface area contributed by atoms with Crippen LogP contribution in [0.15, 0.2) is 29.3 Å². The van der Waals surface area contributed by atoms with E-state index in [4.69, 9.17) is 4.98 Å². The van der Waals surface area contributed by atoms with Crippen molar-refractivity contribution in [3.05, 3.63) is 41.5 Å². The van der Waals surface area contributed by atoms with Crippen LogP contribution in [0.25, 0.3) is 0 Å². The van der Waals surface area contributed by atoms with E-state index in [0.717, 1.165) is 30.1 Å². The maximum absolute atomic E-state index is 14.0. The van der Waals surface area contributed by atoms with Gasteiger partial charge in [-0.2, -0.15) is 0 Å². The van der Waals surface area contributed by atoms with Gasteiger partial charge in [0.1, 0.15) is 10.7 Å². The number of halogens is 1. The maximum Gasteiger partial charge on any atom is 0.225 e. The van der Waals surface area contributed by atoms with Crippen molar-refractivity contribution in [2.24, 2.45) is 5.92 Å². The van der Waals surface area contributed by atoms with E-state index in [-0.39, 0.29) is 10.9 Å². The summed E-state index contributed by atoms with van der Waals surface area (Å²) in [6.07, 6.45) is 5.47. The third kappa shape index (κ3) is 4.15. The molecular formula is C22H29FN4O2S. The first-order chi connectivity index (χ1) is 14.1. The van der Waals surface area contributed by atoms with Gasteiger partial charge in [-0.3, -0.25) is 0 Å². The van der Waals surface area contributed by atoms with Crippen molar-refractivity contribution in [3.63, 3.8) is 0 Å². The molecular weight excluding hydrogens is 403 g/mol. The Hall–Kier alpha value is -2.22. The highest BCUT2D eigenvalue weighted by molar-refractivity contribution is 7.90. The first-order valence-corrected chi connectivity index (χ1v) is 12.4. The quantitative estimate of drug-likeness (QED) is 0.720. The first kappa shape index (κ1) is 21.0. The lowest BCUT2D eigenvalue weighted by Crippen LogP contribution is -2.56. The van der Waals surface area contributed by atoms with E-state index in [9.17, 15) is 12.8 Å². The minimum Gasteiger partial charge on any atom is -0.368 e. The average molecular weight is 433 g/mol. The van der Waals surface area contributed by atoms with Gasteiger partial charge in [0.15, 0.2) is 9.84 Å². The van der Waals surface area contributed by atoms with Crippen LogP contribution < -0.4 is 9.80 Å². The zero-order valence-corrected chi connectivity index (χ0v) is 18.8. The SMILES string of the molecule is Cc1nc(N2CCN(c3ccc(F)c(S(C)(=O)=O)c3)C[C@H]2C(C)C)ncc1C1CC1. The second-order valence-corrected chi connectivity index (χ2v) is 10.8. The van der Waals surface area contributed by atoms with Crippen molar-refractivity contribution in [2.75, 3.05) is 35.7 Å². The first-order valence-electron chi connectivity index (χ1n) is 10.5. The van der Waals surface area contributed by atoms with Crippen molar-refractivity contribution < 1.29 is 12.8 Å². The van der Waals surface area contributed by atoms with Crippen molar-refractivity contribution in [3.8, 4) is 0 Å². The molecule has 1 aromatic heterocycles. The number of aryl methyl sites for hydroxylation is 1. The second-order valence-electron chi connectivity index (χ2n) is 8.82. The number of piperazine rings is 1. The molecule has 0 N–H and O–H groups in total. The molecule has 6 nitrogen and oxygen atoms in total. The standard InChI is InChI=1S/C22H29FN4O2S/c1-14(2)20-13-26(17-7-8-19(23)21(11-17)30(4,28)29)9-10-27(20)22-24-12-18(15(3)25-22)16-5-6-16/h7-8,11-12,14,16,20H,5-6,9-10,13H2,1-4H3/t20-/m0/s1. The van der Waals surface area contributed by atoms with Crippen LogP contribution in [0.4, 0.5) is 16.0 Å². The third-order valence-corrected chi connectivity index (χ3v) is 7.26. The molecule has 2 fully saturated rings. The summed E-state index contributed by atoms with van der Waals surface area (Å²) < 4.78 is 37.9.